The first-order chi connectivity index (χ1) is 6.90. The predicted octanol–water partition coefficient (Wildman–Crippen LogP) is 3.92. The molecule has 0 radical (unpaired) electrons. The number of rotatable bonds is 3. The van der Waals surface area contributed by atoms with Crippen molar-refractivity contribution in [2.75, 3.05) is 5.75 Å². The molecule has 1 nitrogen and oxygen atoms in total. The van der Waals surface area contributed by atoms with Gasteiger partial charge in [-0.1, -0.05) is 37.3 Å². The van der Waals surface area contributed by atoms with Crippen LogP contribution >= 0.6 is 23.3 Å². The fourth-order valence-corrected chi connectivity index (χ4v) is 2.75. The molecule has 0 saturated carbocycles. The highest BCUT2D eigenvalue weighted by molar-refractivity contribution is 7.99. The summed E-state index contributed by atoms with van der Waals surface area (Å²) in [6.07, 6.45) is 0. The number of aromatic nitrogens is 1. The van der Waals surface area contributed by atoms with Crippen molar-refractivity contribution in [3.63, 3.8) is 0 Å². The van der Waals surface area contributed by atoms with Crippen LogP contribution in [0.25, 0.3) is 10.4 Å². The second kappa shape index (κ2) is 4.62. The lowest BCUT2D eigenvalue weighted by atomic mass is 10.2. The lowest BCUT2D eigenvalue weighted by Gasteiger charge is -1.92. The van der Waals surface area contributed by atoms with Gasteiger partial charge in [0.15, 0.2) is 0 Å². The Balaban J connectivity index is 2.25. The van der Waals surface area contributed by atoms with Crippen molar-refractivity contribution in [1.82, 2.24) is 4.37 Å². The van der Waals surface area contributed by atoms with Crippen LogP contribution in [-0.4, -0.2) is 10.1 Å². The van der Waals surface area contributed by atoms with Crippen molar-refractivity contribution < 1.29 is 0 Å². The van der Waals surface area contributed by atoms with Crippen LogP contribution < -0.4 is 0 Å². The molecule has 0 bridgehead atoms. The SMILES string of the molecule is CCSc1cc(-c2ccccc2)sn1. The highest BCUT2D eigenvalue weighted by Crippen LogP contribution is 2.28. The fraction of sp³-hybridized carbons (Fsp3) is 0.182. The van der Waals surface area contributed by atoms with E-state index in [9.17, 15) is 0 Å². The quantitative estimate of drug-likeness (QED) is 0.729. The Morgan fingerprint density at radius 3 is 2.79 bits per heavy atom. The van der Waals surface area contributed by atoms with Crippen LogP contribution in [0, 0.1) is 0 Å². The molecule has 0 saturated heterocycles. The molecule has 1 aromatic carbocycles. The van der Waals surface area contributed by atoms with E-state index in [1.807, 2.05) is 6.07 Å². The molecule has 1 aromatic heterocycles. The van der Waals surface area contributed by atoms with Gasteiger partial charge < -0.3 is 0 Å². The van der Waals surface area contributed by atoms with Gasteiger partial charge in [-0.25, -0.2) is 0 Å². The predicted molar refractivity (Wildman–Crippen MR) is 63.9 cm³/mol. The zero-order chi connectivity index (χ0) is 9.80. The zero-order valence-corrected chi connectivity index (χ0v) is 9.57. The number of nitrogens with zero attached hydrogens (tertiary/aromatic N) is 1. The van der Waals surface area contributed by atoms with Crippen molar-refractivity contribution >= 4 is 23.3 Å². The van der Waals surface area contributed by atoms with Crippen LogP contribution in [0.4, 0.5) is 0 Å². The molecule has 0 amide bonds. The Morgan fingerprint density at radius 1 is 1.29 bits per heavy atom. The van der Waals surface area contributed by atoms with Gasteiger partial charge in [0.05, 0.1) is 4.88 Å². The highest BCUT2D eigenvalue weighted by atomic mass is 32.2. The summed E-state index contributed by atoms with van der Waals surface area (Å²) in [7, 11) is 0. The third kappa shape index (κ3) is 2.16. The normalized spacial score (nSPS) is 10.4. The van der Waals surface area contributed by atoms with E-state index in [0.717, 1.165) is 10.8 Å². The Morgan fingerprint density at radius 2 is 2.07 bits per heavy atom. The lowest BCUT2D eigenvalue weighted by molar-refractivity contribution is 1.28. The van der Waals surface area contributed by atoms with E-state index in [2.05, 4.69) is 41.6 Å². The molecule has 1 heterocycles. The Bertz CT molecular complexity index is 395. The largest absolute Gasteiger partial charge is 0.186 e. The van der Waals surface area contributed by atoms with Gasteiger partial charge in [0.2, 0.25) is 0 Å². The molecule has 0 spiro atoms. The van der Waals surface area contributed by atoms with Gasteiger partial charge in [0.25, 0.3) is 0 Å². The topological polar surface area (TPSA) is 12.9 Å². The minimum atomic E-state index is 1.08. The first-order valence-electron chi connectivity index (χ1n) is 4.55. The van der Waals surface area contributed by atoms with Crippen LogP contribution in [0.1, 0.15) is 6.92 Å². The maximum absolute atomic E-state index is 4.39. The van der Waals surface area contributed by atoms with Crippen molar-refractivity contribution in [3.8, 4) is 10.4 Å². The molecular formula is C11H11NS2. The van der Waals surface area contributed by atoms with Crippen LogP contribution in [0.5, 0.6) is 0 Å². The minimum Gasteiger partial charge on any atom is -0.186 e. The van der Waals surface area contributed by atoms with E-state index < -0.39 is 0 Å². The minimum absolute atomic E-state index is 1.08. The van der Waals surface area contributed by atoms with Crippen molar-refractivity contribution in [2.45, 2.75) is 11.9 Å². The van der Waals surface area contributed by atoms with Gasteiger partial charge in [0.1, 0.15) is 5.03 Å². The molecule has 0 N–H and O–H groups in total. The summed E-state index contributed by atoms with van der Waals surface area (Å²) in [6.45, 7) is 2.15. The molecule has 14 heavy (non-hydrogen) atoms. The van der Waals surface area contributed by atoms with Crippen molar-refractivity contribution in [2.24, 2.45) is 0 Å². The molecule has 2 rings (SSSR count). The molecule has 0 unspecified atom stereocenters. The molecular weight excluding hydrogens is 210 g/mol. The van der Waals surface area contributed by atoms with E-state index >= 15 is 0 Å². The number of hydrogen-bond acceptors (Lipinski definition) is 3. The van der Waals surface area contributed by atoms with E-state index in [4.69, 9.17) is 0 Å². The number of hydrogen-bond donors (Lipinski definition) is 0. The van der Waals surface area contributed by atoms with Crippen LogP contribution in [0.3, 0.4) is 0 Å². The van der Waals surface area contributed by atoms with Gasteiger partial charge in [-0.05, 0) is 28.9 Å². The summed E-state index contributed by atoms with van der Waals surface area (Å²) in [4.78, 5) is 1.25. The van der Waals surface area contributed by atoms with Crippen LogP contribution in [-0.2, 0) is 0 Å². The van der Waals surface area contributed by atoms with Gasteiger partial charge in [-0.3, -0.25) is 0 Å². The van der Waals surface area contributed by atoms with Gasteiger partial charge in [-0.2, -0.15) is 4.37 Å². The molecule has 0 aliphatic heterocycles. The zero-order valence-electron chi connectivity index (χ0n) is 7.93. The molecule has 0 aliphatic rings. The smallest absolute Gasteiger partial charge is 0.110 e. The summed E-state index contributed by atoms with van der Waals surface area (Å²) >= 11 is 3.36. The van der Waals surface area contributed by atoms with Gasteiger partial charge in [-0.15, -0.1) is 11.8 Å². The third-order valence-electron chi connectivity index (χ3n) is 1.84. The van der Waals surface area contributed by atoms with Crippen LogP contribution in [0.15, 0.2) is 41.4 Å². The summed E-state index contributed by atoms with van der Waals surface area (Å²) in [5.74, 6) is 1.08. The third-order valence-corrected chi connectivity index (χ3v) is 3.59. The van der Waals surface area contributed by atoms with E-state index in [1.165, 1.54) is 10.4 Å². The van der Waals surface area contributed by atoms with Gasteiger partial charge in [0, 0.05) is 0 Å². The van der Waals surface area contributed by atoms with E-state index in [-0.39, 0.29) is 0 Å². The first-order valence-corrected chi connectivity index (χ1v) is 6.31. The molecule has 0 fully saturated rings. The summed E-state index contributed by atoms with van der Waals surface area (Å²) < 4.78 is 4.39. The average Bonchev–Trinajstić information content (AvgIpc) is 2.68. The Kier molecular flexibility index (Phi) is 3.22. The molecule has 0 atom stereocenters. The molecule has 0 aliphatic carbocycles. The Hall–Kier alpha value is -0.800. The fourth-order valence-electron chi connectivity index (χ4n) is 1.21. The second-order valence-electron chi connectivity index (χ2n) is 2.83. The maximum atomic E-state index is 4.39. The summed E-state index contributed by atoms with van der Waals surface area (Å²) in [5.41, 5.74) is 1.26. The van der Waals surface area contributed by atoms with E-state index in [0.29, 0.717) is 0 Å². The van der Waals surface area contributed by atoms with E-state index in [1.54, 1.807) is 23.3 Å². The number of benzene rings is 1. The summed E-state index contributed by atoms with van der Waals surface area (Å²) in [6, 6.07) is 12.5. The maximum Gasteiger partial charge on any atom is 0.110 e. The van der Waals surface area contributed by atoms with Gasteiger partial charge >= 0.3 is 0 Å². The Labute approximate surface area is 92.3 Å². The van der Waals surface area contributed by atoms with Crippen molar-refractivity contribution in [1.29, 1.82) is 0 Å². The highest BCUT2D eigenvalue weighted by Gasteiger charge is 2.02. The first kappa shape index (κ1) is 9.74. The monoisotopic (exact) mass is 221 g/mol. The van der Waals surface area contributed by atoms with Crippen molar-refractivity contribution in [3.05, 3.63) is 36.4 Å². The average molecular weight is 221 g/mol. The van der Waals surface area contributed by atoms with Crippen LogP contribution in [0.2, 0.25) is 0 Å². The molecule has 72 valence electrons. The summed E-state index contributed by atoms with van der Waals surface area (Å²) in [5, 5.41) is 1.14. The second-order valence-corrected chi connectivity index (χ2v) is 4.92. The number of thioether (sulfide) groups is 1. The lowest BCUT2D eigenvalue weighted by Crippen LogP contribution is -1.69. The standard InChI is InChI=1S/C11H11NS2/c1-2-13-11-8-10(14-12-11)9-6-4-3-5-7-9/h3-8H,2H2,1H3. The molecule has 3 heteroatoms. The molecule has 2 aromatic rings.